The maximum Gasteiger partial charge on any atom is 0.127 e. The van der Waals surface area contributed by atoms with E-state index >= 15 is 0 Å². The van der Waals surface area contributed by atoms with Crippen molar-refractivity contribution >= 4 is 0 Å². The van der Waals surface area contributed by atoms with E-state index in [1.54, 1.807) is 0 Å². The number of aliphatic hydroxyl groups excluding tert-OH is 1. The number of benzene rings is 2. The number of rotatable bonds is 7. The van der Waals surface area contributed by atoms with Crippen molar-refractivity contribution in [2.24, 2.45) is 0 Å². The van der Waals surface area contributed by atoms with Crippen molar-refractivity contribution in [3.05, 3.63) is 59.2 Å². The van der Waals surface area contributed by atoms with Gasteiger partial charge in [0, 0.05) is 64.0 Å². The number of hydrogen-bond donors (Lipinski definition) is 1. The molecule has 194 valence electrons. The van der Waals surface area contributed by atoms with Crippen LogP contribution >= 0.6 is 0 Å². The summed E-state index contributed by atoms with van der Waals surface area (Å²) in [6.45, 7) is 9.47. The predicted octanol–water partition coefficient (Wildman–Crippen LogP) is 2.54. The number of hydrogen-bond acceptors (Lipinski definition) is 7. The number of nitrogens with zero attached hydrogens (tertiary/aromatic N) is 3. The molecule has 0 radical (unpaired) electrons. The van der Waals surface area contributed by atoms with Gasteiger partial charge in [-0.2, -0.15) is 0 Å². The maximum absolute atomic E-state index is 10.9. The van der Waals surface area contributed by atoms with Gasteiger partial charge in [0.15, 0.2) is 0 Å². The minimum Gasteiger partial charge on any atom is -0.492 e. The van der Waals surface area contributed by atoms with Crippen LogP contribution in [-0.2, 0) is 24.2 Å². The van der Waals surface area contributed by atoms with E-state index in [9.17, 15) is 5.11 Å². The Hall–Kier alpha value is -2.16. The summed E-state index contributed by atoms with van der Waals surface area (Å²) < 4.78 is 17.8. The Balaban J connectivity index is 0.994. The molecule has 4 heterocycles. The smallest absolute Gasteiger partial charge is 0.127 e. The lowest BCUT2D eigenvalue weighted by Gasteiger charge is -2.41. The highest BCUT2D eigenvalue weighted by atomic mass is 16.5. The van der Waals surface area contributed by atoms with E-state index in [2.05, 4.69) is 57.2 Å². The number of β-amino-alcohol motifs (C(OH)–C–C–N with tert-alkyl or cyclic N) is 1. The van der Waals surface area contributed by atoms with Crippen molar-refractivity contribution < 1.29 is 19.3 Å². The molecule has 0 bridgehead atoms. The quantitative estimate of drug-likeness (QED) is 0.636. The molecule has 0 saturated carbocycles. The highest BCUT2D eigenvalue weighted by Gasteiger charge is 2.30. The first-order valence-corrected chi connectivity index (χ1v) is 13.6. The van der Waals surface area contributed by atoms with Crippen molar-refractivity contribution in [2.45, 2.75) is 50.6 Å². The lowest BCUT2D eigenvalue weighted by atomic mass is 10.00. The molecule has 0 aliphatic carbocycles. The average molecular weight is 494 g/mol. The summed E-state index contributed by atoms with van der Waals surface area (Å²) in [6.07, 6.45) is 3.06. The third kappa shape index (κ3) is 5.71. The van der Waals surface area contributed by atoms with Crippen LogP contribution in [0.3, 0.4) is 0 Å². The van der Waals surface area contributed by atoms with Crippen LogP contribution in [0.5, 0.6) is 11.5 Å². The Kier molecular flexibility index (Phi) is 7.44. The van der Waals surface area contributed by atoms with E-state index in [0.29, 0.717) is 25.7 Å². The fraction of sp³-hybridized carbons (Fsp3) is 0.586. The number of fused-ring (bicyclic) bond motifs is 2. The highest BCUT2D eigenvalue weighted by molar-refractivity contribution is 5.41. The molecule has 2 fully saturated rings. The van der Waals surface area contributed by atoms with Gasteiger partial charge in [-0.05, 0) is 36.5 Å². The van der Waals surface area contributed by atoms with E-state index in [1.807, 2.05) is 0 Å². The largest absolute Gasteiger partial charge is 0.492 e. The molecule has 4 aliphatic rings. The second kappa shape index (κ2) is 11.1. The fourth-order valence-corrected chi connectivity index (χ4v) is 5.98. The van der Waals surface area contributed by atoms with E-state index in [0.717, 1.165) is 83.2 Å². The zero-order chi connectivity index (χ0) is 24.3. The predicted molar refractivity (Wildman–Crippen MR) is 138 cm³/mol. The van der Waals surface area contributed by atoms with E-state index in [-0.39, 0.29) is 12.2 Å². The van der Waals surface area contributed by atoms with E-state index < -0.39 is 0 Å². The van der Waals surface area contributed by atoms with Gasteiger partial charge in [0.2, 0.25) is 0 Å². The van der Waals surface area contributed by atoms with Crippen LogP contribution in [0.15, 0.2) is 42.5 Å². The summed E-state index contributed by atoms with van der Waals surface area (Å²) in [5.41, 5.74) is 4.01. The Labute approximate surface area is 214 Å². The Morgan fingerprint density at radius 3 is 2.42 bits per heavy atom. The zero-order valence-corrected chi connectivity index (χ0v) is 21.2. The number of likely N-dealkylation sites (tertiary alicyclic amines) is 1. The maximum atomic E-state index is 10.9. The van der Waals surface area contributed by atoms with Gasteiger partial charge in [-0.25, -0.2) is 0 Å². The van der Waals surface area contributed by atoms with Gasteiger partial charge in [-0.3, -0.25) is 14.7 Å². The van der Waals surface area contributed by atoms with Crippen molar-refractivity contribution in [3.8, 4) is 11.5 Å². The first kappa shape index (κ1) is 24.2. The average Bonchev–Trinajstić information content (AvgIpc) is 3.05. The van der Waals surface area contributed by atoms with Crippen LogP contribution in [0.1, 0.15) is 29.5 Å². The summed E-state index contributed by atoms with van der Waals surface area (Å²) >= 11 is 0. The van der Waals surface area contributed by atoms with Gasteiger partial charge < -0.3 is 19.3 Å². The minimum atomic E-state index is -0.378. The summed E-state index contributed by atoms with van der Waals surface area (Å²) in [4.78, 5) is 7.23. The molecule has 6 rings (SSSR count). The summed E-state index contributed by atoms with van der Waals surface area (Å²) in [5.74, 6) is 1.82. The minimum absolute atomic E-state index is 0.263. The molecule has 7 nitrogen and oxygen atoms in total. The number of piperidine rings is 1. The molecule has 4 aliphatic heterocycles. The molecule has 2 saturated heterocycles. The molecule has 7 heteroatoms. The molecule has 0 unspecified atom stereocenters. The monoisotopic (exact) mass is 493 g/mol. The summed E-state index contributed by atoms with van der Waals surface area (Å²) in [5, 5.41) is 10.9. The van der Waals surface area contributed by atoms with Crippen molar-refractivity contribution in [3.63, 3.8) is 0 Å². The van der Waals surface area contributed by atoms with Gasteiger partial charge in [-0.15, -0.1) is 0 Å². The van der Waals surface area contributed by atoms with E-state index in [1.165, 1.54) is 16.7 Å². The molecule has 1 atom stereocenters. The Morgan fingerprint density at radius 1 is 0.889 bits per heavy atom. The first-order valence-electron chi connectivity index (χ1n) is 13.6. The molecule has 0 aromatic heterocycles. The lowest BCUT2D eigenvalue weighted by Crippen LogP contribution is -2.52. The van der Waals surface area contributed by atoms with E-state index in [4.69, 9.17) is 14.2 Å². The van der Waals surface area contributed by atoms with Gasteiger partial charge in [0.1, 0.15) is 24.2 Å². The molecule has 36 heavy (non-hydrogen) atoms. The molecule has 2 aromatic carbocycles. The van der Waals surface area contributed by atoms with Gasteiger partial charge in [0.25, 0.3) is 0 Å². The van der Waals surface area contributed by atoms with Crippen molar-refractivity contribution in [1.29, 1.82) is 0 Å². The van der Waals surface area contributed by atoms with Crippen LogP contribution in [0.4, 0.5) is 0 Å². The van der Waals surface area contributed by atoms with Crippen LogP contribution < -0.4 is 9.47 Å². The molecule has 2 aromatic rings. The molecule has 0 amide bonds. The second-order valence-corrected chi connectivity index (χ2v) is 10.8. The third-order valence-electron chi connectivity index (χ3n) is 8.16. The Bertz CT molecular complexity index is 1020. The van der Waals surface area contributed by atoms with Crippen molar-refractivity contribution in [1.82, 2.24) is 14.7 Å². The Morgan fingerprint density at radius 2 is 1.64 bits per heavy atom. The zero-order valence-electron chi connectivity index (χ0n) is 21.2. The second-order valence-electron chi connectivity index (χ2n) is 10.8. The normalized spacial score (nSPS) is 23.1. The van der Waals surface area contributed by atoms with Crippen molar-refractivity contribution in [2.75, 3.05) is 59.1 Å². The molecule has 1 N–H and O–H groups in total. The molecular formula is C29H39N3O4. The SMILES string of the molecule is O[C@H](CN1CCc2ccccc2C1)CN1CCOc2cc(OC3CCN(C4COC4)CC3)ccc2C1. The van der Waals surface area contributed by atoms with Gasteiger partial charge >= 0.3 is 0 Å². The van der Waals surface area contributed by atoms with Crippen LogP contribution in [0.2, 0.25) is 0 Å². The van der Waals surface area contributed by atoms with Crippen LogP contribution in [-0.4, -0.2) is 97.1 Å². The lowest BCUT2D eigenvalue weighted by molar-refractivity contribution is -0.0778. The highest BCUT2D eigenvalue weighted by Crippen LogP contribution is 2.30. The summed E-state index contributed by atoms with van der Waals surface area (Å²) in [6, 6.07) is 15.6. The standard InChI is InChI=1S/C29H39N3O4/c33-26(18-30-10-7-22-3-1-2-4-23(22)16-30)19-31-13-14-35-29-15-28(6-5-24(29)17-31)36-27-8-11-32(12-9-27)25-20-34-21-25/h1-6,15,25-27,33H,7-14,16-21H2/t26-/m1/s1. The van der Waals surface area contributed by atoms with Crippen LogP contribution in [0.25, 0.3) is 0 Å². The molecular weight excluding hydrogens is 454 g/mol. The van der Waals surface area contributed by atoms with Crippen LogP contribution in [0, 0.1) is 0 Å². The van der Waals surface area contributed by atoms with Gasteiger partial charge in [-0.1, -0.05) is 30.3 Å². The third-order valence-corrected chi connectivity index (χ3v) is 8.16. The summed E-state index contributed by atoms with van der Waals surface area (Å²) in [7, 11) is 0. The number of ether oxygens (including phenoxy) is 3. The van der Waals surface area contributed by atoms with Gasteiger partial charge in [0.05, 0.1) is 25.4 Å². The first-order chi connectivity index (χ1) is 17.7. The topological polar surface area (TPSA) is 57.6 Å². The molecule has 0 spiro atoms. The number of aliphatic hydroxyl groups is 1. The fourth-order valence-electron chi connectivity index (χ4n) is 5.98.